The van der Waals surface area contributed by atoms with E-state index in [1.807, 2.05) is 11.8 Å². The van der Waals surface area contributed by atoms with Crippen LogP contribution in [0.1, 0.15) is 56.2 Å². The number of hydrogen-bond donors (Lipinski definition) is 0. The SMILES string of the molecule is CN(Cc1nc(C2CCCCC2)no1)[C@H]1CCSC1. The summed E-state index contributed by atoms with van der Waals surface area (Å²) in [5.74, 6) is 4.80. The molecule has 2 heterocycles. The molecule has 19 heavy (non-hydrogen) atoms. The first kappa shape index (κ1) is 13.4. The van der Waals surface area contributed by atoms with Crippen LogP contribution in [0.4, 0.5) is 0 Å². The molecule has 1 saturated heterocycles. The molecule has 2 aliphatic rings. The molecular formula is C14H23N3OS. The quantitative estimate of drug-likeness (QED) is 0.848. The lowest BCUT2D eigenvalue weighted by atomic mass is 9.89. The van der Waals surface area contributed by atoms with Crippen LogP contribution in [0.5, 0.6) is 0 Å². The Balaban J connectivity index is 1.57. The van der Waals surface area contributed by atoms with Crippen LogP contribution in [0.15, 0.2) is 4.52 Å². The lowest BCUT2D eigenvalue weighted by Crippen LogP contribution is -2.31. The summed E-state index contributed by atoms with van der Waals surface area (Å²) in [4.78, 5) is 6.98. The standard InChI is InChI=1S/C14H23N3OS/c1-17(12-7-8-19-10-12)9-13-15-14(16-18-13)11-5-3-2-4-6-11/h11-12H,2-10H2,1H3/t12-/m0/s1. The molecule has 1 aliphatic heterocycles. The van der Waals surface area contributed by atoms with Gasteiger partial charge in [-0.25, -0.2) is 0 Å². The summed E-state index contributed by atoms with van der Waals surface area (Å²) in [6.45, 7) is 0.797. The maximum Gasteiger partial charge on any atom is 0.240 e. The zero-order valence-electron chi connectivity index (χ0n) is 11.7. The largest absolute Gasteiger partial charge is 0.338 e. The average Bonchev–Trinajstić information content (AvgIpc) is 3.11. The second-order valence-electron chi connectivity index (χ2n) is 5.81. The van der Waals surface area contributed by atoms with Crippen LogP contribution >= 0.6 is 11.8 Å². The average molecular weight is 281 g/mol. The van der Waals surface area contributed by atoms with E-state index in [1.165, 1.54) is 50.0 Å². The smallest absolute Gasteiger partial charge is 0.240 e. The Labute approximate surface area is 119 Å². The third-order valence-corrected chi connectivity index (χ3v) is 5.51. The summed E-state index contributed by atoms with van der Waals surface area (Å²) in [5.41, 5.74) is 0. The lowest BCUT2D eigenvalue weighted by molar-refractivity contribution is 0.218. The van der Waals surface area contributed by atoms with Crippen LogP contribution in [0.3, 0.4) is 0 Å². The zero-order valence-corrected chi connectivity index (χ0v) is 12.5. The van der Waals surface area contributed by atoms with Crippen molar-refractivity contribution in [2.24, 2.45) is 0 Å². The van der Waals surface area contributed by atoms with Crippen LogP contribution < -0.4 is 0 Å². The summed E-state index contributed by atoms with van der Waals surface area (Å²) in [5, 5.41) is 4.20. The van der Waals surface area contributed by atoms with Crippen LogP contribution in [0.25, 0.3) is 0 Å². The van der Waals surface area contributed by atoms with Crippen molar-refractivity contribution in [1.82, 2.24) is 15.0 Å². The molecule has 106 valence electrons. The number of hydrogen-bond acceptors (Lipinski definition) is 5. The van der Waals surface area contributed by atoms with Crippen LogP contribution in [-0.4, -0.2) is 39.6 Å². The van der Waals surface area contributed by atoms with Gasteiger partial charge in [0.25, 0.3) is 0 Å². The summed E-state index contributed by atoms with van der Waals surface area (Å²) in [6.07, 6.45) is 7.73. The molecule has 0 aromatic carbocycles. The van der Waals surface area contributed by atoms with E-state index in [9.17, 15) is 0 Å². The highest BCUT2D eigenvalue weighted by molar-refractivity contribution is 7.99. The topological polar surface area (TPSA) is 42.2 Å². The molecule has 1 aromatic heterocycles. The van der Waals surface area contributed by atoms with Gasteiger partial charge in [0.2, 0.25) is 5.89 Å². The van der Waals surface area contributed by atoms with Gasteiger partial charge in [0.15, 0.2) is 5.82 Å². The van der Waals surface area contributed by atoms with Crippen molar-refractivity contribution in [3.8, 4) is 0 Å². The highest BCUT2D eigenvalue weighted by Gasteiger charge is 2.24. The Morgan fingerprint density at radius 3 is 2.84 bits per heavy atom. The minimum Gasteiger partial charge on any atom is -0.338 e. The molecule has 3 rings (SSSR count). The Morgan fingerprint density at radius 1 is 1.26 bits per heavy atom. The van der Waals surface area contributed by atoms with Gasteiger partial charge in [-0.05, 0) is 32.1 Å². The molecule has 1 aromatic rings. The summed E-state index contributed by atoms with van der Waals surface area (Å²) in [6, 6.07) is 0.676. The van der Waals surface area contributed by atoms with Crippen molar-refractivity contribution < 1.29 is 4.52 Å². The maximum absolute atomic E-state index is 5.44. The molecule has 0 radical (unpaired) electrons. The second kappa shape index (κ2) is 6.27. The Morgan fingerprint density at radius 2 is 2.11 bits per heavy atom. The number of nitrogens with zero attached hydrogens (tertiary/aromatic N) is 3. The molecule has 0 bridgehead atoms. The molecule has 1 aliphatic carbocycles. The summed E-state index contributed by atoms with van der Waals surface area (Å²) >= 11 is 2.04. The van der Waals surface area contributed by atoms with E-state index in [-0.39, 0.29) is 0 Å². The van der Waals surface area contributed by atoms with Crippen LogP contribution in [-0.2, 0) is 6.54 Å². The van der Waals surface area contributed by atoms with Gasteiger partial charge < -0.3 is 4.52 Å². The molecule has 1 saturated carbocycles. The number of aromatic nitrogens is 2. The van der Waals surface area contributed by atoms with Gasteiger partial charge in [-0.1, -0.05) is 24.4 Å². The second-order valence-corrected chi connectivity index (χ2v) is 6.96. The maximum atomic E-state index is 5.44. The van der Waals surface area contributed by atoms with Crippen molar-refractivity contribution in [3.05, 3.63) is 11.7 Å². The van der Waals surface area contributed by atoms with Gasteiger partial charge in [0.1, 0.15) is 0 Å². The fourth-order valence-electron chi connectivity index (χ4n) is 3.07. The van der Waals surface area contributed by atoms with Gasteiger partial charge in [0.05, 0.1) is 6.54 Å². The lowest BCUT2D eigenvalue weighted by Gasteiger charge is -2.21. The Bertz CT molecular complexity index is 397. The molecule has 2 fully saturated rings. The van der Waals surface area contributed by atoms with Crippen LogP contribution in [0.2, 0.25) is 0 Å². The van der Waals surface area contributed by atoms with Gasteiger partial charge >= 0.3 is 0 Å². The van der Waals surface area contributed by atoms with Crippen molar-refractivity contribution in [1.29, 1.82) is 0 Å². The zero-order chi connectivity index (χ0) is 13.1. The Kier molecular flexibility index (Phi) is 4.43. The minimum atomic E-state index is 0.540. The van der Waals surface area contributed by atoms with Crippen molar-refractivity contribution in [2.45, 2.75) is 57.0 Å². The van der Waals surface area contributed by atoms with E-state index in [1.54, 1.807) is 0 Å². The van der Waals surface area contributed by atoms with Crippen molar-refractivity contribution in [3.63, 3.8) is 0 Å². The van der Waals surface area contributed by atoms with E-state index in [2.05, 4.69) is 22.1 Å². The third-order valence-electron chi connectivity index (χ3n) is 4.37. The molecule has 1 atom stereocenters. The number of rotatable bonds is 4. The minimum absolute atomic E-state index is 0.540. The monoisotopic (exact) mass is 281 g/mol. The predicted octanol–water partition coefficient (Wildman–Crippen LogP) is 3.05. The van der Waals surface area contributed by atoms with E-state index in [0.29, 0.717) is 12.0 Å². The number of thioether (sulfide) groups is 1. The fraction of sp³-hybridized carbons (Fsp3) is 0.857. The van der Waals surface area contributed by atoms with E-state index < -0.39 is 0 Å². The molecule has 4 nitrogen and oxygen atoms in total. The molecule has 0 amide bonds. The van der Waals surface area contributed by atoms with Gasteiger partial charge in [-0.15, -0.1) is 0 Å². The summed E-state index contributed by atoms with van der Waals surface area (Å²) < 4.78 is 5.44. The first-order valence-corrected chi connectivity index (χ1v) is 8.59. The van der Waals surface area contributed by atoms with Gasteiger partial charge in [-0.3, -0.25) is 4.90 Å². The highest BCUT2D eigenvalue weighted by atomic mass is 32.2. The first-order valence-electron chi connectivity index (χ1n) is 7.43. The highest BCUT2D eigenvalue weighted by Crippen LogP contribution is 2.31. The van der Waals surface area contributed by atoms with E-state index >= 15 is 0 Å². The molecule has 0 unspecified atom stereocenters. The molecular weight excluding hydrogens is 258 g/mol. The molecule has 5 heteroatoms. The summed E-state index contributed by atoms with van der Waals surface area (Å²) in [7, 11) is 2.17. The van der Waals surface area contributed by atoms with E-state index in [4.69, 9.17) is 4.52 Å². The molecule has 0 N–H and O–H groups in total. The molecule has 0 spiro atoms. The Hall–Kier alpha value is -0.550. The van der Waals surface area contributed by atoms with Crippen LogP contribution in [0, 0.1) is 0 Å². The normalized spacial score (nSPS) is 25.3. The van der Waals surface area contributed by atoms with Gasteiger partial charge in [0, 0.05) is 17.7 Å². The van der Waals surface area contributed by atoms with Crippen molar-refractivity contribution >= 4 is 11.8 Å². The fourth-order valence-corrected chi connectivity index (χ4v) is 4.37. The van der Waals surface area contributed by atoms with E-state index in [0.717, 1.165) is 18.3 Å². The predicted molar refractivity (Wildman–Crippen MR) is 77.3 cm³/mol. The third kappa shape index (κ3) is 3.31. The van der Waals surface area contributed by atoms with Crippen molar-refractivity contribution in [2.75, 3.05) is 18.6 Å². The van der Waals surface area contributed by atoms with Gasteiger partial charge in [-0.2, -0.15) is 16.7 Å². The first-order chi connectivity index (χ1) is 9.33.